The molecule has 0 amide bonds. The Hall–Kier alpha value is -1.94. The lowest BCUT2D eigenvalue weighted by Crippen LogP contribution is -2.18. The maximum atomic E-state index is 12.0. The quantitative estimate of drug-likeness (QED) is 0.648. The van der Waals surface area contributed by atoms with Gasteiger partial charge < -0.3 is 10.5 Å². The van der Waals surface area contributed by atoms with Crippen molar-refractivity contribution in [1.29, 1.82) is 0 Å². The lowest BCUT2D eigenvalue weighted by atomic mass is 9.86. The Morgan fingerprint density at radius 1 is 1.36 bits per heavy atom. The Kier molecular flexibility index (Phi) is 5.90. The Labute approximate surface area is 131 Å². The van der Waals surface area contributed by atoms with E-state index in [0.29, 0.717) is 25.1 Å². The van der Waals surface area contributed by atoms with Gasteiger partial charge in [0, 0.05) is 12.5 Å². The molecule has 4 nitrogen and oxygen atoms in total. The topological polar surface area (TPSA) is 69.4 Å². The van der Waals surface area contributed by atoms with E-state index in [1.54, 1.807) is 18.2 Å². The van der Waals surface area contributed by atoms with Crippen LogP contribution in [-0.2, 0) is 16.1 Å². The van der Waals surface area contributed by atoms with Crippen molar-refractivity contribution in [1.82, 2.24) is 0 Å². The third kappa shape index (κ3) is 4.28. The molecular formula is C18H23NO3. The van der Waals surface area contributed by atoms with Crippen LogP contribution >= 0.6 is 0 Å². The number of rotatable bonds is 6. The van der Waals surface area contributed by atoms with Gasteiger partial charge in [0.2, 0.25) is 0 Å². The zero-order valence-corrected chi connectivity index (χ0v) is 13.0. The van der Waals surface area contributed by atoms with Crippen molar-refractivity contribution in [3.8, 4) is 0 Å². The highest BCUT2D eigenvalue weighted by Gasteiger charge is 2.20. The van der Waals surface area contributed by atoms with Crippen LogP contribution in [0.1, 0.15) is 48.5 Å². The molecule has 22 heavy (non-hydrogen) atoms. The van der Waals surface area contributed by atoms with Crippen molar-refractivity contribution in [2.45, 2.75) is 39.2 Å². The smallest absolute Gasteiger partial charge is 0.338 e. The first-order valence-electron chi connectivity index (χ1n) is 7.78. The molecule has 0 bridgehead atoms. The second kappa shape index (κ2) is 7.90. The van der Waals surface area contributed by atoms with Crippen molar-refractivity contribution in [2.75, 3.05) is 6.61 Å². The summed E-state index contributed by atoms with van der Waals surface area (Å²) in [6.45, 7) is 2.64. The monoisotopic (exact) mass is 301 g/mol. The lowest BCUT2D eigenvalue weighted by molar-refractivity contribution is -0.119. The first-order chi connectivity index (χ1) is 10.6. The summed E-state index contributed by atoms with van der Waals surface area (Å²) in [5.41, 5.74) is 8.09. The minimum atomic E-state index is -0.341. The van der Waals surface area contributed by atoms with Crippen LogP contribution < -0.4 is 5.73 Å². The molecule has 1 atom stereocenters. The first-order valence-corrected chi connectivity index (χ1v) is 7.78. The van der Waals surface area contributed by atoms with Crippen molar-refractivity contribution in [3.05, 3.63) is 47.0 Å². The molecule has 0 aliphatic heterocycles. The van der Waals surface area contributed by atoms with E-state index in [4.69, 9.17) is 10.5 Å². The van der Waals surface area contributed by atoms with Gasteiger partial charge in [-0.15, -0.1) is 0 Å². The highest BCUT2D eigenvalue weighted by atomic mass is 16.5. The summed E-state index contributed by atoms with van der Waals surface area (Å²) in [6, 6.07) is 7.20. The van der Waals surface area contributed by atoms with E-state index in [2.05, 4.69) is 0 Å². The molecule has 1 aliphatic carbocycles. The molecule has 1 aromatic carbocycles. The van der Waals surface area contributed by atoms with E-state index in [-0.39, 0.29) is 17.7 Å². The van der Waals surface area contributed by atoms with Crippen LogP contribution in [0.5, 0.6) is 0 Å². The summed E-state index contributed by atoms with van der Waals surface area (Å²) >= 11 is 0. The molecule has 0 saturated heterocycles. The highest BCUT2D eigenvalue weighted by Crippen LogP contribution is 2.24. The van der Waals surface area contributed by atoms with Crippen LogP contribution in [0.4, 0.5) is 0 Å². The van der Waals surface area contributed by atoms with Crippen LogP contribution in [0.3, 0.4) is 0 Å². The van der Waals surface area contributed by atoms with Crippen molar-refractivity contribution < 1.29 is 14.3 Å². The first kappa shape index (κ1) is 16.4. The summed E-state index contributed by atoms with van der Waals surface area (Å²) in [4.78, 5) is 23.9. The van der Waals surface area contributed by atoms with Gasteiger partial charge >= 0.3 is 5.97 Å². The number of benzene rings is 1. The molecule has 0 heterocycles. The molecule has 0 fully saturated rings. The van der Waals surface area contributed by atoms with Gasteiger partial charge in [0.25, 0.3) is 0 Å². The SMILES string of the molecule is CC1=CC(=O)C(CCCOC(=O)c2ccccc2CN)CC1. The van der Waals surface area contributed by atoms with Crippen LogP contribution in [0, 0.1) is 5.92 Å². The van der Waals surface area contributed by atoms with Crippen LogP contribution in [0.15, 0.2) is 35.9 Å². The van der Waals surface area contributed by atoms with E-state index in [9.17, 15) is 9.59 Å². The van der Waals surface area contributed by atoms with Crippen molar-refractivity contribution in [3.63, 3.8) is 0 Å². The maximum Gasteiger partial charge on any atom is 0.338 e. The number of ketones is 1. The molecule has 0 radical (unpaired) electrons. The average Bonchev–Trinajstić information content (AvgIpc) is 2.53. The summed E-state index contributed by atoms with van der Waals surface area (Å²) in [6.07, 6.45) is 5.12. The largest absolute Gasteiger partial charge is 0.462 e. The maximum absolute atomic E-state index is 12.0. The molecular weight excluding hydrogens is 278 g/mol. The number of hydrogen-bond donors (Lipinski definition) is 1. The molecule has 0 aromatic heterocycles. The van der Waals surface area contributed by atoms with E-state index in [1.807, 2.05) is 19.1 Å². The standard InChI is InChI=1S/C18H23NO3/c1-13-8-9-14(17(20)11-13)6-4-10-22-18(21)16-7-3-2-5-15(16)12-19/h2-3,5,7,11,14H,4,6,8-10,12,19H2,1H3. The van der Waals surface area contributed by atoms with Gasteiger partial charge in [-0.3, -0.25) is 4.79 Å². The molecule has 1 unspecified atom stereocenters. The lowest BCUT2D eigenvalue weighted by Gasteiger charge is -2.18. The molecule has 0 spiro atoms. The zero-order valence-electron chi connectivity index (χ0n) is 13.0. The summed E-state index contributed by atoms with van der Waals surface area (Å²) in [5, 5.41) is 0. The number of carbonyl (C=O) groups excluding carboxylic acids is 2. The fraction of sp³-hybridized carbons (Fsp3) is 0.444. The van der Waals surface area contributed by atoms with Crippen LogP contribution in [0.25, 0.3) is 0 Å². The van der Waals surface area contributed by atoms with Crippen LogP contribution in [-0.4, -0.2) is 18.4 Å². The minimum absolute atomic E-state index is 0.0822. The van der Waals surface area contributed by atoms with Gasteiger partial charge in [-0.25, -0.2) is 4.79 Å². The van der Waals surface area contributed by atoms with Crippen molar-refractivity contribution >= 4 is 11.8 Å². The molecule has 118 valence electrons. The van der Waals surface area contributed by atoms with Crippen LogP contribution in [0.2, 0.25) is 0 Å². The van der Waals surface area contributed by atoms with E-state index >= 15 is 0 Å². The number of ether oxygens (including phenoxy) is 1. The number of allylic oxidation sites excluding steroid dienone is 2. The number of carbonyl (C=O) groups is 2. The van der Waals surface area contributed by atoms with Gasteiger partial charge in [0.1, 0.15) is 0 Å². The van der Waals surface area contributed by atoms with E-state index < -0.39 is 0 Å². The molecule has 4 heteroatoms. The zero-order chi connectivity index (χ0) is 15.9. The van der Waals surface area contributed by atoms with Gasteiger partial charge in [-0.05, 0) is 50.3 Å². The van der Waals surface area contributed by atoms with Gasteiger partial charge in [0.05, 0.1) is 12.2 Å². The Bertz CT molecular complexity index is 577. The van der Waals surface area contributed by atoms with Gasteiger partial charge in [-0.1, -0.05) is 23.8 Å². The predicted molar refractivity (Wildman–Crippen MR) is 85.3 cm³/mol. The fourth-order valence-electron chi connectivity index (χ4n) is 2.73. The van der Waals surface area contributed by atoms with E-state index in [0.717, 1.165) is 30.4 Å². The Morgan fingerprint density at radius 2 is 2.14 bits per heavy atom. The third-order valence-corrected chi connectivity index (χ3v) is 4.07. The summed E-state index contributed by atoms with van der Waals surface area (Å²) in [5.74, 6) is -0.0472. The Balaban J connectivity index is 1.77. The molecule has 2 rings (SSSR count). The number of hydrogen-bond acceptors (Lipinski definition) is 4. The molecule has 1 aliphatic rings. The predicted octanol–water partition coefficient (Wildman–Crippen LogP) is 3.01. The Morgan fingerprint density at radius 3 is 2.86 bits per heavy atom. The van der Waals surface area contributed by atoms with E-state index in [1.165, 1.54) is 0 Å². The summed E-state index contributed by atoms with van der Waals surface area (Å²) in [7, 11) is 0. The molecule has 2 N–H and O–H groups in total. The van der Waals surface area contributed by atoms with Gasteiger partial charge in [0.15, 0.2) is 5.78 Å². The number of esters is 1. The second-order valence-corrected chi connectivity index (χ2v) is 5.77. The average molecular weight is 301 g/mol. The van der Waals surface area contributed by atoms with Crippen molar-refractivity contribution in [2.24, 2.45) is 11.7 Å². The minimum Gasteiger partial charge on any atom is -0.462 e. The normalized spacial score (nSPS) is 18.0. The fourth-order valence-corrected chi connectivity index (χ4v) is 2.73. The third-order valence-electron chi connectivity index (χ3n) is 4.07. The van der Waals surface area contributed by atoms with Gasteiger partial charge in [-0.2, -0.15) is 0 Å². The molecule has 1 aromatic rings. The second-order valence-electron chi connectivity index (χ2n) is 5.77. The summed E-state index contributed by atoms with van der Waals surface area (Å²) < 4.78 is 5.30. The number of nitrogens with two attached hydrogens (primary N) is 1. The molecule has 0 saturated carbocycles. The highest BCUT2D eigenvalue weighted by molar-refractivity contribution is 5.93.